The molecule has 2 aromatic carbocycles. The number of esters is 1. The van der Waals surface area contributed by atoms with Crippen molar-refractivity contribution >= 4 is 11.8 Å². The second-order valence-corrected chi connectivity index (χ2v) is 7.28. The standard InChI is InChI=1S/C25H34N2O3/c1-3-11-22(28)16-18-26-24(20-12-7-5-8-13-20)25(21-14-9-6-10-15-21)27-19-17-23(29)30-4-2/h5-10,12-15,24-27H,3-4,11,16-19H2,1-2H3. The third-order valence-electron chi connectivity index (χ3n) is 4.95. The molecule has 0 aliphatic rings. The first-order valence-electron chi connectivity index (χ1n) is 10.9. The van der Waals surface area contributed by atoms with Crippen LogP contribution in [0.2, 0.25) is 0 Å². The number of benzene rings is 2. The number of ketones is 1. The molecule has 0 bridgehead atoms. The van der Waals surface area contributed by atoms with Gasteiger partial charge in [-0.15, -0.1) is 0 Å². The minimum absolute atomic E-state index is 0.0368. The molecule has 0 aliphatic heterocycles. The molecule has 0 aromatic heterocycles. The molecule has 2 atom stereocenters. The quantitative estimate of drug-likeness (QED) is 0.453. The predicted molar refractivity (Wildman–Crippen MR) is 120 cm³/mol. The van der Waals surface area contributed by atoms with E-state index in [2.05, 4.69) is 34.9 Å². The van der Waals surface area contributed by atoms with Crippen LogP contribution in [0.1, 0.15) is 62.7 Å². The van der Waals surface area contributed by atoms with Crippen LogP contribution in [0.5, 0.6) is 0 Å². The summed E-state index contributed by atoms with van der Waals surface area (Å²) >= 11 is 0. The Labute approximate surface area is 180 Å². The summed E-state index contributed by atoms with van der Waals surface area (Å²) in [5, 5.41) is 7.13. The maximum Gasteiger partial charge on any atom is 0.307 e. The number of Topliss-reactive ketones (excluding diaryl/α,β-unsaturated/α-hetero) is 1. The molecule has 0 aliphatic carbocycles. The van der Waals surface area contributed by atoms with Crippen LogP contribution in [-0.4, -0.2) is 31.4 Å². The van der Waals surface area contributed by atoms with Gasteiger partial charge in [0.25, 0.3) is 0 Å². The summed E-state index contributed by atoms with van der Waals surface area (Å²) in [5.74, 6) is 0.0783. The molecular formula is C25H34N2O3. The van der Waals surface area contributed by atoms with Crippen LogP contribution in [0.4, 0.5) is 0 Å². The molecule has 0 saturated heterocycles. The fourth-order valence-electron chi connectivity index (χ4n) is 3.51. The first kappa shape index (κ1) is 23.8. The molecule has 0 spiro atoms. The highest BCUT2D eigenvalue weighted by atomic mass is 16.5. The van der Waals surface area contributed by atoms with E-state index in [9.17, 15) is 9.59 Å². The fourth-order valence-corrected chi connectivity index (χ4v) is 3.51. The lowest BCUT2D eigenvalue weighted by Crippen LogP contribution is -2.37. The zero-order chi connectivity index (χ0) is 21.6. The highest BCUT2D eigenvalue weighted by Gasteiger charge is 2.24. The van der Waals surface area contributed by atoms with Gasteiger partial charge in [-0.3, -0.25) is 9.59 Å². The zero-order valence-electron chi connectivity index (χ0n) is 18.1. The number of rotatable bonds is 14. The summed E-state index contributed by atoms with van der Waals surface area (Å²) in [4.78, 5) is 23.8. The lowest BCUT2D eigenvalue weighted by Gasteiger charge is -2.30. The third-order valence-corrected chi connectivity index (χ3v) is 4.95. The van der Waals surface area contributed by atoms with Crippen LogP contribution in [0.3, 0.4) is 0 Å². The van der Waals surface area contributed by atoms with Crippen LogP contribution < -0.4 is 10.6 Å². The van der Waals surface area contributed by atoms with E-state index in [1.165, 1.54) is 0 Å². The second kappa shape index (κ2) is 13.7. The Morgan fingerprint density at radius 1 is 0.767 bits per heavy atom. The predicted octanol–water partition coefficient (Wildman–Crippen LogP) is 4.36. The van der Waals surface area contributed by atoms with Gasteiger partial charge in [0.2, 0.25) is 0 Å². The van der Waals surface area contributed by atoms with Gasteiger partial charge in [-0.25, -0.2) is 0 Å². The molecule has 0 heterocycles. The van der Waals surface area contributed by atoms with Crippen molar-refractivity contribution in [1.82, 2.24) is 10.6 Å². The van der Waals surface area contributed by atoms with Crippen molar-refractivity contribution in [2.24, 2.45) is 0 Å². The van der Waals surface area contributed by atoms with Gasteiger partial charge in [0.05, 0.1) is 25.1 Å². The molecular weight excluding hydrogens is 376 g/mol. The van der Waals surface area contributed by atoms with E-state index in [-0.39, 0.29) is 23.8 Å². The van der Waals surface area contributed by atoms with E-state index < -0.39 is 0 Å². The molecule has 30 heavy (non-hydrogen) atoms. The molecule has 2 aromatic rings. The molecule has 5 nitrogen and oxygen atoms in total. The molecule has 2 rings (SSSR count). The average Bonchev–Trinajstić information content (AvgIpc) is 2.76. The Morgan fingerprint density at radius 2 is 1.27 bits per heavy atom. The lowest BCUT2D eigenvalue weighted by molar-refractivity contribution is -0.143. The van der Waals surface area contributed by atoms with Crippen molar-refractivity contribution in [3.63, 3.8) is 0 Å². The van der Waals surface area contributed by atoms with Crippen LogP contribution in [0, 0.1) is 0 Å². The SMILES string of the molecule is CCCC(=O)CCNC(c1ccccc1)C(NCCC(=O)OCC)c1ccccc1. The average molecular weight is 411 g/mol. The Morgan fingerprint density at radius 3 is 1.73 bits per heavy atom. The van der Waals surface area contributed by atoms with Crippen molar-refractivity contribution < 1.29 is 14.3 Å². The van der Waals surface area contributed by atoms with Gasteiger partial charge in [-0.1, -0.05) is 67.6 Å². The summed E-state index contributed by atoms with van der Waals surface area (Å²) < 4.78 is 5.06. The molecule has 0 radical (unpaired) electrons. The van der Waals surface area contributed by atoms with Gasteiger partial charge in [0.15, 0.2) is 0 Å². The van der Waals surface area contributed by atoms with Gasteiger partial charge < -0.3 is 15.4 Å². The van der Waals surface area contributed by atoms with Gasteiger partial charge >= 0.3 is 5.97 Å². The second-order valence-electron chi connectivity index (χ2n) is 7.28. The topological polar surface area (TPSA) is 67.4 Å². The molecule has 0 fully saturated rings. The maximum atomic E-state index is 12.0. The highest BCUT2D eigenvalue weighted by molar-refractivity contribution is 5.78. The Kier molecular flexibility index (Phi) is 10.8. The smallest absolute Gasteiger partial charge is 0.307 e. The summed E-state index contributed by atoms with van der Waals surface area (Å²) in [6.07, 6.45) is 2.33. The van der Waals surface area contributed by atoms with Gasteiger partial charge in [-0.05, 0) is 24.5 Å². The fraction of sp³-hybridized carbons (Fsp3) is 0.440. The highest BCUT2D eigenvalue weighted by Crippen LogP contribution is 2.29. The first-order valence-corrected chi connectivity index (χ1v) is 10.9. The number of hydrogen-bond acceptors (Lipinski definition) is 5. The minimum atomic E-state index is -0.203. The third kappa shape index (κ3) is 8.09. The minimum Gasteiger partial charge on any atom is -0.466 e. The normalized spacial score (nSPS) is 12.9. The van der Waals surface area contributed by atoms with Crippen LogP contribution in [0.25, 0.3) is 0 Å². The molecule has 0 amide bonds. The Balaban J connectivity index is 2.18. The summed E-state index contributed by atoms with van der Waals surface area (Å²) in [5.41, 5.74) is 2.26. The van der Waals surface area contributed by atoms with Gasteiger partial charge in [0, 0.05) is 25.9 Å². The largest absolute Gasteiger partial charge is 0.466 e. The van der Waals surface area contributed by atoms with Crippen molar-refractivity contribution in [1.29, 1.82) is 0 Å². The Bertz CT molecular complexity index is 684. The van der Waals surface area contributed by atoms with Crippen molar-refractivity contribution in [3.05, 3.63) is 71.8 Å². The van der Waals surface area contributed by atoms with Crippen molar-refractivity contribution in [3.8, 4) is 0 Å². The molecule has 2 unspecified atom stereocenters. The zero-order valence-corrected chi connectivity index (χ0v) is 18.1. The molecule has 0 saturated carbocycles. The number of hydrogen-bond donors (Lipinski definition) is 2. The number of carbonyl (C=O) groups is 2. The van der Waals surface area contributed by atoms with Crippen LogP contribution in [-0.2, 0) is 14.3 Å². The number of nitrogens with one attached hydrogen (secondary N) is 2. The monoisotopic (exact) mass is 410 g/mol. The van der Waals surface area contributed by atoms with Crippen molar-refractivity contribution in [2.45, 2.75) is 51.6 Å². The maximum absolute atomic E-state index is 12.0. The Hall–Kier alpha value is -2.50. The van der Waals surface area contributed by atoms with Gasteiger partial charge in [0.1, 0.15) is 5.78 Å². The van der Waals surface area contributed by atoms with E-state index in [0.717, 1.165) is 17.5 Å². The summed E-state index contributed by atoms with van der Waals surface area (Å²) in [6.45, 7) is 5.35. The van der Waals surface area contributed by atoms with E-state index in [1.54, 1.807) is 0 Å². The van der Waals surface area contributed by atoms with Crippen molar-refractivity contribution in [2.75, 3.05) is 19.7 Å². The molecule has 162 valence electrons. The number of carbonyl (C=O) groups excluding carboxylic acids is 2. The summed E-state index contributed by atoms with van der Waals surface area (Å²) in [7, 11) is 0. The number of ether oxygens (including phenoxy) is 1. The molecule has 2 N–H and O–H groups in total. The lowest BCUT2D eigenvalue weighted by atomic mass is 9.93. The molecule has 5 heteroatoms. The first-order chi connectivity index (χ1) is 14.7. The summed E-state index contributed by atoms with van der Waals surface area (Å²) in [6, 6.07) is 20.3. The van der Waals surface area contributed by atoms with E-state index >= 15 is 0 Å². The van der Waals surface area contributed by atoms with E-state index in [1.807, 2.05) is 50.2 Å². The van der Waals surface area contributed by atoms with Crippen LogP contribution in [0.15, 0.2) is 60.7 Å². The van der Waals surface area contributed by atoms with E-state index in [4.69, 9.17) is 4.74 Å². The van der Waals surface area contributed by atoms with Gasteiger partial charge in [-0.2, -0.15) is 0 Å². The van der Waals surface area contributed by atoms with E-state index in [0.29, 0.717) is 39.0 Å². The van der Waals surface area contributed by atoms with Crippen LogP contribution >= 0.6 is 0 Å².